The van der Waals surface area contributed by atoms with Crippen LogP contribution >= 0.6 is 0 Å². The van der Waals surface area contributed by atoms with E-state index in [1.807, 2.05) is 6.92 Å². The molecule has 3 heteroatoms. The van der Waals surface area contributed by atoms with Crippen LogP contribution in [0.3, 0.4) is 0 Å². The fourth-order valence-corrected chi connectivity index (χ4v) is 0.0577. The summed E-state index contributed by atoms with van der Waals surface area (Å²) < 4.78 is 0. The Morgan fingerprint density at radius 3 is 1.45 bits per heavy atom. The summed E-state index contributed by atoms with van der Waals surface area (Å²) in [6, 6.07) is 0. The summed E-state index contributed by atoms with van der Waals surface area (Å²) in [5, 5.41) is 24.0. The predicted octanol–water partition coefficient (Wildman–Crippen LogP) is 0.326. The van der Waals surface area contributed by atoms with Crippen molar-refractivity contribution in [1.82, 2.24) is 0 Å². The molecule has 0 aromatic rings. The minimum atomic E-state index is -0.954. The highest BCUT2D eigenvalue weighted by molar-refractivity contribution is 4.51. The summed E-state index contributed by atoms with van der Waals surface area (Å²) in [5.74, 6) is 0. The topological polar surface area (TPSA) is 60.7 Å². The second-order valence-electron chi connectivity index (χ2n) is 1.43. The van der Waals surface area contributed by atoms with E-state index < -0.39 is 6.10 Å². The first kappa shape index (κ1) is 16.8. The number of hydrogen-bond acceptors (Lipinski definition) is 3. The maximum atomic E-state index is 8.17. The number of rotatable bonds is 2. The van der Waals surface area contributed by atoms with E-state index in [4.69, 9.17) is 15.3 Å². The molecule has 0 rings (SSSR count). The van der Waals surface area contributed by atoms with Gasteiger partial charge in [0, 0.05) is 0 Å². The molecule has 3 N–H and O–H groups in total. The van der Waals surface area contributed by atoms with Gasteiger partial charge >= 0.3 is 0 Å². The molecule has 0 aliphatic heterocycles. The van der Waals surface area contributed by atoms with Crippen LogP contribution in [0.1, 0.15) is 6.92 Å². The summed E-state index contributed by atoms with van der Waals surface area (Å²) in [5.41, 5.74) is 0. The summed E-state index contributed by atoms with van der Waals surface area (Å²) in [6.45, 7) is 10.5. The SMILES string of the molecule is C=C.C=CC.OCC(O)CO. The fraction of sp³-hybridized carbons (Fsp3) is 0.500. The maximum absolute atomic E-state index is 8.17. The number of aliphatic hydroxyl groups is 3. The Bertz CT molecular complexity index is 60.4. The summed E-state index contributed by atoms with van der Waals surface area (Å²) in [6.07, 6.45) is 0.796. The Kier molecular flexibility index (Phi) is 34.7. The van der Waals surface area contributed by atoms with Crippen LogP contribution in [-0.4, -0.2) is 34.6 Å². The van der Waals surface area contributed by atoms with Gasteiger partial charge in [-0.25, -0.2) is 0 Å². The Hall–Kier alpha value is -0.640. The van der Waals surface area contributed by atoms with Gasteiger partial charge in [-0.3, -0.25) is 0 Å². The molecule has 0 fully saturated rings. The van der Waals surface area contributed by atoms with Gasteiger partial charge in [-0.15, -0.1) is 19.7 Å². The van der Waals surface area contributed by atoms with Gasteiger partial charge in [0.2, 0.25) is 0 Å². The van der Waals surface area contributed by atoms with E-state index in [2.05, 4.69) is 19.7 Å². The van der Waals surface area contributed by atoms with Gasteiger partial charge in [-0.1, -0.05) is 6.08 Å². The lowest BCUT2D eigenvalue weighted by atomic mass is 10.4. The summed E-state index contributed by atoms with van der Waals surface area (Å²) in [7, 11) is 0. The molecule has 0 amide bonds. The van der Waals surface area contributed by atoms with Gasteiger partial charge in [0.05, 0.1) is 13.2 Å². The predicted molar refractivity (Wildman–Crippen MR) is 47.3 cm³/mol. The highest BCUT2D eigenvalue weighted by Crippen LogP contribution is 1.71. The number of allylic oxidation sites excluding steroid dienone is 1. The normalized spacial score (nSPS) is 7.00. The average molecular weight is 162 g/mol. The largest absolute Gasteiger partial charge is 0.394 e. The lowest BCUT2D eigenvalue weighted by Gasteiger charge is -1.96. The van der Waals surface area contributed by atoms with Gasteiger partial charge in [-0.05, 0) is 6.92 Å². The van der Waals surface area contributed by atoms with Crippen molar-refractivity contribution in [1.29, 1.82) is 0 Å². The Balaban J connectivity index is -0.000000109. The monoisotopic (exact) mass is 162 g/mol. The van der Waals surface area contributed by atoms with Crippen molar-refractivity contribution >= 4 is 0 Å². The molecule has 0 bridgehead atoms. The molecule has 0 aliphatic rings. The van der Waals surface area contributed by atoms with Gasteiger partial charge in [0.15, 0.2) is 0 Å². The van der Waals surface area contributed by atoms with Gasteiger partial charge in [0.25, 0.3) is 0 Å². The molecule has 11 heavy (non-hydrogen) atoms. The van der Waals surface area contributed by atoms with Crippen LogP contribution in [0.5, 0.6) is 0 Å². The van der Waals surface area contributed by atoms with Crippen LogP contribution in [0, 0.1) is 0 Å². The van der Waals surface area contributed by atoms with Crippen LogP contribution in [0.4, 0.5) is 0 Å². The van der Waals surface area contributed by atoms with E-state index in [1.165, 1.54) is 0 Å². The summed E-state index contributed by atoms with van der Waals surface area (Å²) >= 11 is 0. The standard InChI is InChI=1S/C3H8O3.C3H6.C2H4/c4-1-3(6)2-5;1-3-2;1-2/h3-6H,1-2H2;3H,1H2,2H3;1-2H2. The lowest BCUT2D eigenvalue weighted by molar-refractivity contribution is 0.0450. The first-order valence-electron chi connectivity index (χ1n) is 3.19. The summed E-state index contributed by atoms with van der Waals surface area (Å²) in [4.78, 5) is 0. The van der Waals surface area contributed by atoms with Crippen molar-refractivity contribution in [2.45, 2.75) is 13.0 Å². The van der Waals surface area contributed by atoms with E-state index in [-0.39, 0.29) is 13.2 Å². The molecule has 0 aromatic heterocycles. The molecule has 0 atom stereocenters. The van der Waals surface area contributed by atoms with Crippen molar-refractivity contribution in [3.8, 4) is 0 Å². The smallest absolute Gasteiger partial charge is 0.100 e. The third kappa shape index (κ3) is 44.9. The third-order valence-corrected chi connectivity index (χ3v) is 0.421. The molecule has 0 heterocycles. The zero-order chi connectivity index (χ0) is 9.70. The maximum Gasteiger partial charge on any atom is 0.100 e. The van der Waals surface area contributed by atoms with Crippen molar-refractivity contribution in [2.24, 2.45) is 0 Å². The first-order chi connectivity index (χ1) is 5.22. The van der Waals surface area contributed by atoms with E-state index in [1.54, 1.807) is 6.08 Å². The molecule has 68 valence electrons. The third-order valence-electron chi connectivity index (χ3n) is 0.421. The van der Waals surface area contributed by atoms with Crippen molar-refractivity contribution in [3.05, 3.63) is 25.8 Å². The molecular weight excluding hydrogens is 144 g/mol. The van der Waals surface area contributed by atoms with E-state index >= 15 is 0 Å². The fourth-order valence-electron chi connectivity index (χ4n) is 0.0577. The van der Waals surface area contributed by atoms with Crippen LogP contribution in [0.15, 0.2) is 25.8 Å². The Morgan fingerprint density at radius 2 is 1.45 bits per heavy atom. The molecule has 0 radical (unpaired) electrons. The first-order valence-corrected chi connectivity index (χ1v) is 3.19. The molecule has 0 saturated carbocycles. The molecule has 0 spiro atoms. The molecule has 0 saturated heterocycles. The highest BCUT2D eigenvalue weighted by atomic mass is 16.3. The molecule has 3 nitrogen and oxygen atoms in total. The van der Waals surface area contributed by atoms with Crippen LogP contribution in [0.25, 0.3) is 0 Å². The molecule has 0 unspecified atom stereocenters. The zero-order valence-electron chi connectivity index (χ0n) is 7.03. The molecule has 0 aliphatic carbocycles. The van der Waals surface area contributed by atoms with E-state index in [0.29, 0.717) is 0 Å². The van der Waals surface area contributed by atoms with Crippen LogP contribution in [0.2, 0.25) is 0 Å². The van der Waals surface area contributed by atoms with Crippen molar-refractivity contribution in [3.63, 3.8) is 0 Å². The Labute approximate surface area is 68.3 Å². The zero-order valence-corrected chi connectivity index (χ0v) is 7.03. The quantitative estimate of drug-likeness (QED) is 0.513. The van der Waals surface area contributed by atoms with Crippen molar-refractivity contribution in [2.75, 3.05) is 13.2 Å². The van der Waals surface area contributed by atoms with Crippen LogP contribution in [-0.2, 0) is 0 Å². The number of aliphatic hydroxyl groups excluding tert-OH is 3. The Morgan fingerprint density at radius 1 is 1.27 bits per heavy atom. The highest BCUT2D eigenvalue weighted by Gasteiger charge is 1.93. The lowest BCUT2D eigenvalue weighted by Crippen LogP contribution is -2.15. The van der Waals surface area contributed by atoms with E-state index in [0.717, 1.165) is 0 Å². The molecular formula is C8H18O3. The second-order valence-corrected chi connectivity index (χ2v) is 1.43. The van der Waals surface area contributed by atoms with Gasteiger partial charge in [-0.2, -0.15) is 0 Å². The van der Waals surface area contributed by atoms with Gasteiger partial charge in [0.1, 0.15) is 6.10 Å². The minimum absolute atomic E-state index is 0.365. The van der Waals surface area contributed by atoms with E-state index in [9.17, 15) is 0 Å². The molecule has 0 aromatic carbocycles. The average Bonchev–Trinajstić information content (AvgIpc) is 2.08. The minimum Gasteiger partial charge on any atom is -0.394 e. The number of hydrogen-bond donors (Lipinski definition) is 3. The van der Waals surface area contributed by atoms with Crippen LogP contribution < -0.4 is 0 Å². The van der Waals surface area contributed by atoms with Crippen molar-refractivity contribution < 1.29 is 15.3 Å². The second kappa shape index (κ2) is 22.8. The van der Waals surface area contributed by atoms with Gasteiger partial charge < -0.3 is 15.3 Å².